The number of hydrogen-bond donors (Lipinski definition) is 1. The van der Waals surface area contributed by atoms with Gasteiger partial charge in [0.25, 0.3) is 5.91 Å². The first-order valence-corrected chi connectivity index (χ1v) is 11.5. The largest absolute Gasteiger partial charge is 0.356 e. The number of carbonyl (C=O) groups is 1. The first kappa shape index (κ1) is 19.5. The molecule has 3 aromatic heterocycles. The van der Waals surface area contributed by atoms with Crippen molar-refractivity contribution >= 4 is 11.7 Å². The standard InChI is InChI=1S/C24H29N7O/c1-14-15(4-7-22(26-14)31-11-16-8-17(16)12-31)9-18-10-21(30(3)28-18)24(32)27-19-5-6-20-23(19)25-13-29(20)2/h4,7,10,13,16-17,19H,5-6,8-9,11-12H2,1-3H3,(H,27,32)/t16?,17?,19-/m1/s1. The van der Waals surface area contributed by atoms with Gasteiger partial charge in [-0.15, -0.1) is 0 Å². The van der Waals surface area contributed by atoms with Gasteiger partial charge in [-0.3, -0.25) is 9.48 Å². The molecular weight excluding hydrogens is 402 g/mol. The number of aryl methyl sites for hydroxylation is 3. The maximum absolute atomic E-state index is 13.0. The monoisotopic (exact) mass is 431 g/mol. The van der Waals surface area contributed by atoms with Crippen molar-refractivity contribution in [1.82, 2.24) is 29.6 Å². The summed E-state index contributed by atoms with van der Waals surface area (Å²) in [6.45, 7) is 4.36. The van der Waals surface area contributed by atoms with E-state index in [0.29, 0.717) is 12.1 Å². The molecule has 1 aliphatic heterocycles. The molecule has 32 heavy (non-hydrogen) atoms. The Morgan fingerprint density at radius 1 is 1.22 bits per heavy atom. The number of pyridine rings is 1. The molecule has 8 nitrogen and oxygen atoms in total. The van der Waals surface area contributed by atoms with Crippen LogP contribution in [-0.4, -0.2) is 43.3 Å². The highest BCUT2D eigenvalue weighted by molar-refractivity contribution is 5.93. The van der Waals surface area contributed by atoms with Crippen molar-refractivity contribution in [3.05, 3.63) is 58.6 Å². The highest BCUT2D eigenvalue weighted by Gasteiger charge is 2.45. The zero-order valence-electron chi connectivity index (χ0n) is 18.9. The van der Waals surface area contributed by atoms with Gasteiger partial charge >= 0.3 is 0 Å². The fraction of sp³-hybridized carbons (Fsp3) is 0.500. The van der Waals surface area contributed by atoms with Gasteiger partial charge < -0.3 is 14.8 Å². The summed E-state index contributed by atoms with van der Waals surface area (Å²) in [6.07, 6.45) is 5.71. The molecule has 6 rings (SSSR count). The number of nitrogens with zero attached hydrogens (tertiary/aromatic N) is 6. The van der Waals surface area contributed by atoms with E-state index >= 15 is 0 Å². The molecule has 1 N–H and O–H groups in total. The zero-order chi connectivity index (χ0) is 22.0. The molecule has 2 aliphatic carbocycles. The van der Waals surface area contributed by atoms with Crippen LogP contribution in [0, 0.1) is 18.8 Å². The first-order chi connectivity index (χ1) is 15.5. The molecule has 1 saturated heterocycles. The lowest BCUT2D eigenvalue weighted by Crippen LogP contribution is -2.29. The van der Waals surface area contributed by atoms with Crippen LogP contribution in [0.1, 0.15) is 57.7 Å². The number of anilines is 1. The van der Waals surface area contributed by atoms with Crippen molar-refractivity contribution in [3.8, 4) is 0 Å². The lowest BCUT2D eigenvalue weighted by Gasteiger charge is -2.20. The van der Waals surface area contributed by atoms with E-state index in [-0.39, 0.29) is 11.9 Å². The molecule has 1 amide bonds. The van der Waals surface area contributed by atoms with Gasteiger partial charge in [-0.1, -0.05) is 6.07 Å². The van der Waals surface area contributed by atoms with E-state index in [2.05, 4.69) is 39.4 Å². The van der Waals surface area contributed by atoms with Gasteiger partial charge in [0.1, 0.15) is 11.5 Å². The second-order valence-electron chi connectivity index (χ2n) is 9.65. The minimum absolute atomic E-state index is 0.0346. The second-order valence-corrected chi connectivity index (χ2v) is 9.65. The van der Waals surface area contributed by atoms with Gasteiger partial charge in [0, 0.05) is 45.0 Å². The van der Waals surface area contributed by atoms with Crippen molar-refractivity contribution in [2.24, 2.45) is 25.9 Å². The summed E-state index contributed by atoms with van der Waals surface area (Å²) in [7, 11) is 3.83. The highest BCUT2D eigenvalue weighted by Crippen LogP contribution is 2.46. The minimum Gasteiger partial charge on any atom is -0.356 e. The van der Waals surface area contributed by atoms with Crippen LogP contribution in [0.5, 0.6) is 0 Å². The van der Waals surface area contributed by atoms with Crippen LogP contribution in [0.4, 0.5) is 5.82 Å². The van der Waals surface area contributed by atoms with Gasteiger partial charge in [0.15, 0.2) is 0 Å². The van der Waals surface area contributed by atoms with Crippen LogP contribution in [0.2, 0.25) is 0 Å². The summed E-state index contributed by atoms with van der Waals surface area (Å²) in [6, 6.07) is 6.16. The molecule has 3 aliphatic rings. The summed E-state index contributed by atoms with van der Waals surface area (Å²) >= 11 is 0. The third-order valence-electron chi connectivity index (χ3n) is 7.41. The molecule has 2 unspecified atom stereocenters. The molecule has 4 heterocycles. The van der Waals surface area contributed by atoms with E-state index in [1.807, 2.05) is 31.1 Å². The number of nitrogens with one attached hydrogen (secondary N) is 1. The molecule has 3 atom stereocenters. The van der Waals surface area contributed by atoms with Crippen molar-refractivity contribution in [3.63, 3.8) is 0 Å². The number of amides is 1. The van der Waals surface area contributed by atoms with Crippen molar-refractivity contribution < 1.29 is 4.79 Å². The Morgan fingerprint density at radius 2 is 2.03 bits per heavy atom. The van der Waals surface area contributed by atoms with Crippen LogP contribution in [0.25, 0.3) is 0 Å². The van der Waals surface area contributed by atoms with E-state index in [1.165, 1.54) is 12.1 Å². The molecule has 0 spiro atoms. The average molecular weight is 432 g/mol. The summed E-state index contributed by atoms with van der Waals surface area (Å²) in [5, 5.41) is 7.75. The smallest absolute Gasteiger partial charge is 0.270 e. The quantitative estimate of drug-likeness (QED) is 0.671. The Kier molecular flexibility index (Phi) is 4.38. The normalized spacial score (nSPS) is 23.3. The van der Waals surface area contributed by atoms with E-state index < -0.39 is 0 Å². The SMILES string of the molecule is Cc1nc(N2CC3CC3C2)ccc1Cc1cc(C(=O)N[C@@H]2CCc3c2ncn3C)n(C)n1. The molecule has 8 heteroatoms. The summed E-state index contributed by atoms with van der Waals surface area (Å²) in [5.74, 6) is 2.77. The van der Waals surface area contributed by atoms with E-state index in [1.54, 1.807) is 4.68 Å². The van der Waals surface area contributed by atoms with E-state index in [9.17, 15) is 4.79 Å². The van der Waals surface area contributed by atoms with Crippen LogP contribution in [-0.2, 0) is 26.9 Å². The number of piperidine rings is 1. The van der Waals surface area contributed by atoms with Crippen molar-refractivity contribution in [1.29, 1.82) is 0 Å². The Hall–Kier alpha value is -3.16. The zero-order valence-corrected chi connectivity index (χ0v) is 18.9. The average Bonchev–Trinajstić information content (AvgIpc) is 3.17. The lowest BCUT2D eigenvalue weighted by molar-refractivity contribution is 0.0926. The van der Waals surface area contributed by atoms with Crippen LogP contribution >= 0.6 is 0 Å². The maximum Gasteiger partial charge on any atom is 0.270 e. The minimum atomic E-state index is -0.104. The van der Waals surface area contributed by atoms with E-state index in [4.69, 9.17) is 4.98 Å². The van der Waals surface area contributed by atoms with Crippen molar-refractivity contribution in [2.75, 3.05) is 18.0 Å². The molecule has 166 valence electrons. The lowest BCUT2D eigenvalue weighted by atomic mass is 10.1. The molecule has 0 radical (unpaired) electrons. The van der Waals surface area contributed by atoms with Gasteiger partial charge in [-0.2, -0.15) is 5.10 Å². The third-order valence-corrected chi connectivity index (χ3v) is 7.41. The van der Waals surface area contributed by atoms with Gasteiger partial charge in [-0.05, 0) is 55.7 Å². The van der Waals surface area contributed by atoms with Gasteiger partial charge in [-0.25, -0.2) is 9.97 Å². The molecule has 2 fully saturated rings. The third kappa shape index (κ3) is 3.29. The Bertz CT molecular complexity index is 1200. The molecular formula is C24H29N7O. The Labute approximate surface area is 187 Å². The topological polar surface area (TPSA) is 80.9 Å². The fourth-order valence-electron chi connectivity index (χ4n) is 5.41. The number of carbonyl (C=O) groups excluding carboxylic acids is 1. The highest BCUT2D eigenvalue weighted by atomic mass is 16.2. The summed E-state index contributed by atoms with van der Waals surface area (Å²) in [4.78, 5) is 24.7. The number of aromatic nitrogens is 5. The summed E-state index contributed by atoms with van der Waals surface area (Å²) in [5.41, 5.74) is 5.83. The van der Waals surface area contributed by atoms with Gasteiger partial charge in [0.2, 0.25) is 0 Å². The predicted molar refractivity (Wildman–Crippen MR) is 121 cm³/mol. The maximum atomic E-state index is 13.0. The van der Waals surface area contributed by atoms with Crippen LogP contribution in [0.3, 0.4) is 0 Å². The number of fused-ring (bicyclic) bond motifs is 2. The predicted octanol–water partition coefficient (Wildman–Crippen LogP) is 2.32. The van der Waals surface area contributed by atoms with Crippen LogP contribution < -0.4 is 10.2 Å². The van der Waals surface area contributed by atoms with Crippen molar-refractivity contribution in [2.45, 2.75) is 38.6 Å². The number of imidazole rings is 1. The van der Waals surface area contributed by atoms with Crippen LogP contribution in [0.15, 0.2) is 24.5 Å². The van der Waals surface area contributed by atoms with E-state index in [0.717, 1.165) is 66.2 Å². The fourth-order valence-corrected chi connectivity index (χ4v) is 5.41. The van der Waals surface area contributed by atoms with Gasteiger partial charge in [0.05, 0.1) is 23.8 Å². The molecule has 3 aromatic rings. The molecule has 1 saturated carbocycles. The molecule has 0 bridgehead atoms. The Morgan fingerprint density at radius 3 is 2.81 bits per heavy atom. The number of hydrogen-bond acceptors (Lipinski definition) is 5. The number of rotatable bonds is 5. The second kappa shape index (κ2) is 7.18. The Balaban J connectivity index is 1.15. The first-order valence-electron chi connectivity index (χ1n) is 11.5. The summed E-state index contributed by atoms with van der Waals surface area (Å²) < 4.78 is 3.71. The molecule has 0 aromatic carbocycles.